The lowest BCUT2D eigenvalue weighted by molar-refractivity contribution is 0.743. The fraction of sp³-hybridized carbons (Fsp3) is 0.300. The molecule has 3 N–H and O–H groups in total. The smallest absolute Gasteiger partial charge is 0.191 e. The average Bonchev–Trinajstić information content (AvgIpc) is 2.57. The van der Waals surface area contributed by atoms with Crippen LogP contribution < -0.4 is 11.1 Å². The van der Waals surface area contributed by atoms with Gasteiger partial charge in [-0.1, -0.05) is 11.8 Å². The molecule has 90 valence electrons. The van der Waals surface area contributed by atoms with Gasteiger partial charge in [0.25, 0.3) is 0 Å². The molecule has 2 rings (SSSR count). The van der Waals surface area contributed by atoms with Crippen LogP contribution in [0.2, 0.25) is 0 Å². The molecule has 0 radical (unpaired) electrons. The van der Waals surface area contributed by atoms with Gasteiger partial charge in [0.2, 0.25) is 0 Å². The van der Waals surface area contributed by atoms with Crippen LogP contribution in [0.1, 0.15) is 5.69 Å². The number of hydrogen-bond donors (Lipinski definition) is 2. The quantitative estimate of drug-likeness (QED) is 0.635. The SMILES string of the molecule is CSc1nc(N)cc(Nc2cc(C)n(C)n2)n1. The van der Waals surface area contributed by atoms with E-state index in [2.05, 4.69) is 20.4 Å². The van der Waals surface area contributed by atoms with E-state index in [-0.39, 0.29) is 0 Å². The van der Waals surface area contributed by atoms with E-state index >= 15 is 0 Å². The predicted molar refractivity (Wildman–Crippen MR) is 69.5 cm³/mol. The molecule has 0 atom stereocenters. The first-order valence-corrected chi connectivity index (χ1v) is 6.27. The third-order valence-corrected chi connectivity index (χ3v) is 2.83. The molecular formula is C10H14N6S. The highest BCUT2D eigenvalue weighted by atomic mass is 32.2. The van der Waals surface area contributed by atoms with Gasteiger partial charge in [0.15, 0.2) is 11.0 Å². The van der Waals surface area contributed by atoms with Crippen LogP contribution in [0.4, 0.5) is 17.5 Å². The second-order valence-electron chi connectivity index (χ2n) is 3.58. The van der Waals surface area contributed by atoms with Crippen molar-refractivity contribution in [1.82, 2.24) is 19.7 Å². The fourth-order valence-corrected chi connectivity index (χ4v) is 1.74. The summed E-state index contributed by atoms with van der Waals surface area (Å²) in [6.07, 6.45) is 1.91. The van der Waals surface area contributed by atoms with Gasteiger partial charge in [-0.05, 0) is 13.2 Å². The van der Waals surface area contributed by atoms with Gasteiger partial charge in [0.1, 0.15) is 11.6 Å². The first-order valence-electron chi connectivity index (χ1n) is 5.04. The zero-order valence-corrected chi connectivity index (χ0v) is 10.7. The molecule has 0 aliphatic rings. The van der Waals surface area contributed by atoms with Crippen molar-refractivity contribution in [2.75, 3.05) is 17.3 Å². The minimum Gasteiger partial charge on any atom is -0.383 e. The van der Waals surface area contributed by atoms with E-state index < -0.39 is 0 Å². The predicted octanol–water partition coefficient (Wildman–Crippen LogP) is 1.57. The Labute approximate surface area is 104 Å². The summed E-state index contributed by atoms with van der Waals surface area (Å²) in [5, 5.41) is 8.03. The topological polar surface area (TPSA) is 81.6 Å². The number of nitrogens with one attached hydrogen (secondary N) is 1. The largest absolute Gasteiger partial charge is 0.383 e. The van der Waals surface area contributed by atoms with E-state index in [0.717, 1.165) is 11.5 Å². The number of rotatable bonds is 3. The molecule has 2 aromatic heterocycles. The lowest BCUT2D eigenvalue weighted by Gasteiger charge is -2.04. The lowest BCUT2D eigenvalue weighted by Crippen LogP contribution is -2.01. The number of nitrogens with two attached hydrogens (primary N) is 1. The molecule has 2 heterocycles. The normalized spacial score (nSPS) is 10.5. The monoisotopic (exact) mass is 250 g/mol. The number of nitrogen functional groups attached to an aromatic ring is 1. The molecule has 0 saturated carbocycles. The molecule has 0 aromatic carbocycles. The molecule has 0 unspecified atom stereocenters. The maximum absolute atomic E-state index is 5.69. The number of nitrogens with zero attached hydrogens (tertiary/aromatic N) is 4. The first-order chi connectivity index (χ1) is 8.08. The number of aryl methyl sites for hydroxylation is 2. The minimum atomic E-state index is 0.444. The summed E-state index contributed by atoms with van der Waals surface area (Å²) >= 11 is 1.45. The third-order valence-electron chi connectivity index (χ3n) is 2.28. The number of aromatic nitrogens is 4. The Morgan fingerprint density at radius 1 is 1.29 bits per heavy atom. The molecule has 0 fully saturated rings. The zero-order chi connectivity index (χ0) is 12.4. The van der Waals surface area contributed by atoms with E-state index in [1.165, 1.54) is 11.8 Å². The van der Waals surface area contributed by atoms with Crippen molar-refractivity contribution >= 4 is 29.2 Å². The Kier molecular flexibility index (Phi) is 3.19. The summed E-state index contributed by atoms with van der Waals surface area (Å²) in [7, 11) is 1.89. The van der Waals surface area contributed by atoms with Crippen LogP contribution in [0.5, 0.6) is 0 Å². The van der Waals surface area contributed by atoms with E-state index in [1.807, 2.05) is 26.3 Å². The van der Waals surface area contributed by atoms with E-state index in [0.29, 0.717) is 16.8 Å². The van der Waals surface area contributed by atoms with Crippen molar-refractivity contribution in [1.29, 1.82) is 0 Å². The Balaban J connectivity index is 2.26. The molecule has 0 aliphatic carbocycles. The highest BCUT2D eigenvalue weighted by Gasteiger charge is 2.05. The number of hydrogen-bond acceptors (Lipinski definition) is 6. The lowest BCUT2D eigenvalue weighted by atomic mass is 10.4. The van der Waals surface area contributed by atoms with Gasteiger partial charge >= 0.3 is 0 Å². The second-order valence-corrected chi connectivity index (χ2v) is 4.36. The zero-order valence-electron chi connectivity index (χ0n) is 9.93. The summed E-state index contributed by atoms with van der Waals surface area (Å²) in [5.41, 5.74) is 6.76. The molecule has 0 amide bonds. The standard InChI is InChI=1S/C10H14N6S/c1-6-4-9(15-16(6)2)13-8-5-7(11)12-10(14-8)17-3/h4-5H,1-3H3,(H3,11,12,13,14,15). The first kappa shape index (κ1) is 11.7. The van der Waals surface area contributed by atoms with Gasteiger partial charge in [0, 0.05) is 24.9 Å². The minimum absolute atomic E-state index is 0.444. The fourth-order valence-electron chi connectivity index (χ4n) is 1.35. The summed E-state index contributed by atoms with van der Waals surface area (Å²) in [6, 6.07) is 3.63. The van der Waals surface area contributed by atoms with Gasteiger partial charge in [-0.25, -0.2) is 9.97 Å². The highest BCUT2D eigenvalue weighted by molar-refractivity contribution is 7.98. The van der Waals surface area contributed by atoms with Crippen LogP contribution in [-0.4, -0.2) is 26.0 Å². The Bertz CT molecular complexity index is 516. The van der Waals surface area contributed by atoms with Gasteiger partial charge in [-0.15, -0.1) is 0 Å². The Morgan fingerprint density at radius 3 is 2.65 bits per heavy atom. The van der Waals surface area contributed by atoms with Crippen molar-refractivity contribution in [2.45, 2.75) is 12.1 Å². The Hall–Kier alpha value is -1.76. The van der Waals surface area contributed by atoms with Crippen molar-refractivity contribution in [3.05, 3.63) is 17.8 Å². The van der Waals surface area contributed by atoms with Crippen molar-refractivity contribution in [2.24, 2.45) is 7.05 Å². The van der Waals surface area contributed by atoms with E-state index in [1.54, 1.807) is 10.7 Å². The molecular weight excluding hydrogens is 236 g/mol. The molecule has 17 heavy (non-hydrogen) atoms. The Morgan fingerprint density at radius 2 is 2.06 bits per heavy atom. The van der Waals surface area contributed by atoms with Crippen molar-refractivity contribution in [3.63, 3.8) is 0 Å². The maximum atomic E-state index is 5.69. The van der Waals surface area contributed by atoms with Gasteiger partial charge in [-0.2, -0.15) is 5.10 Å². The van der Waals surface area contributed by atoms with Crippen molar-refractivity contribution in [3.8, 4) is 0 Å². The molecule has 0 spiro atoms. The summed E-state index contributed by atoms with van der Waals surface area (Å²) in [6.45, 7) is 1.99. The molecule has 0 saturated heterocycles. The van der Waals surface area contributed by atoms with E-state index in [9.17, 15) is 0 Å². The molecule has 2 aromatic rings. The maximum Gasteiger partial charge on any atom is 0.191 e. The van der Waals surface area contributed by atoms with E-state index in [4.69, 9.17) is 5.73 Å². The van der Waals surface area contributed by atoms with Gasteiger partial charge < -0.3 is 11.1 Å². The van der Waals surface area contributed by atoms with Crippen LogP contribution in [-0.2, 0) is 7.05 Å². The molecule has 6 nitrogen and oxygen atoms in total. The number of anilines is 3. The van der Waals surface area contributed by atoms with Crippen LogP contribution >= 0.6 is 11.8 Å². The number of thioether (sulfide) groups is 1. The summed E-state index contributed by atoms with van der Waals surface area (Å²) < 4.78 is 1.79. The van der Waals surface area contributed by atoms with Gasteiger partial charge in [-0.3, -0.25) is 4.68 Å². The van der Waals surface area contributed by atoms with Crippen molar-refractivity contribution < 1.29 is 0 Å². The molecule has 0 bridgehead atoms. The van der Waals surface area contributed by atoms with Crippen LogP contribution in [0.3, 0.4) is 0 Å². The van der Waals surface area contributed by atoms with Crippen LogP contribution in [0.25, 0.3) is 0 Å². The average molecular weight is 250 g/mol. The van der Waals surface area contributed by atoms with Crippen LogP contribution in [0.15, 0.2) is 17.3 Å². The summed E-state index contributed by atoms with van der Waals surface area (Å²) in [4.78, 5) is 8.38. The molecule has 7 heteroatoms. The highest BCUT2D eigenvalue weighted by Crippen LogP contribution is 2.18. The second kappa shape index (κ2) is 4.62. The van der Waals surface area contributed by atoms with Crippen LogP contribution in [0, 0.1) is 6.92 Å². The molecule has 0 aliphatic heterocycles. The van der Waals surface area contributed by atoms with Gasteiger partial charge in [0.05, 0.1) is 0 Å². The summed E-state index contributed by atoms with van der Waals surface area (Å²) in [5.74, 6) is 1.84. The third kappa shape index (κ3) is 2.68.